The third-order valence-electron chi connectivity index (χ3n) is 3.04. The number of halogens is 1. The Balaban J connectivity index is 2.25. The van der Waals surface area contributed by atoms with Crippen LogP contribution in [-0.2, 0) is 4.74 Å². The number of benzene rings is 1. The molecule has 0 aliphatic rings. The van der Waals surface area contributed by atoms with Crippen molar-refractivity contribution in [2.75, 3.05) is 6.61 Å². The zero-order valence-corrected chi connectivity index (χ0v) is 12.9. The van der Waals surface area contributed by atoms with Crippen molar-refractivity contribution in [3.63, 3.8) is 0 Å². The molecule has 0 aliphatic carbocycles. The van der Waals surface area contributed by atoms with E-state index < -0.39 is 0 Å². The fraction of sp³-hybridized carbons (Fsp3) is 0.125. The fourth-order valence-corrected chi connectivity index (χ4v) is 2.49. The van der Waals surface area contributed by atoms with Crippen molar-refractivity contribution in [3.8, 4) is 11.5 Å². The maximum atomic E-state index is 12.2. The number of hydrogen-bond acceptors (Lipinski definition) is 4. The van der Waals surface area contributed by atoms with Gasteiger partial charge in [-0.3, -0.25) is 0 Å². The predicted octanol–water partition coefficient (Wildman–Crippen LogP) is 4.43. The van der Waals surface area contributed by atoms with Crippen molar-refractivity contribution in [2.45, 2.75) is 6.92 Å². The third kappa shape index (κ3) is 2.69. The highest BCUT2D eigenvalue weighted by molar-refractivity contribution is 9.10. The molecule has 4 nitrogen and oxygen atoms in total. The number of fused-ring (bicyclic) bond motifs is 1. The summed E-state index contributed by atoms with van der Waals surface area (Å²) < 4.78 is 11.4. The number of rotatable bonds is 3. The number of carbonyl (C=O) groups is 1. The smallest absolute Gasteiger partial charge is 0.338 e. The number of aromatic nitrogens is 1. The van der Waals surface area contributed by atoms with Crippen molar-refractivity contribution in [1.82, 2.24) is 4.98 Å². The molecule has 0 radical (unpaired) electrons. The summed E-state index contributed by atoms with van der Waals surface area (Å²) in [6.45, 7) is 2.11. The molecule has 0 atom stereocenters. The van der Waals surface area contributed by atoms with Crippen LogP contribution in [0.5, 0.6) is 0 Å². The van der Waals surface area contributed by atoms with Crippen LogP contribution in [-0.4, -0.2) is 17.6 Å². The Bertz CT molecular complexity index is 797. The molecule has 0 saturated carbocycles. The Morgan fingerprint density at radius 2 is 2.19 bits per heavy atom. The first-order valence-electron chi connectivity index (χ1n) is 6.50. The van der Waals surface area contributed by atoms with Crippen LogP contribution < -0.4 is 0 Å². The second-order valence-corrected chi connectivity index (χ2v) is 5.33. The minimum atomic E-state index is -0.365. The van der Waals surface area contributed by atoms with Crippen LogP contribution in [0, 0.1) is 0 Å². The van der Waals surface area contributed by atoms with E-state index in [0.717, 1.165) is 15.4 Å². The Labute approximate surface area is 129 Å². The topological polar surface area (TPSA) is 52.3 Å². The van der Waals surface area contributed by atoms with Gasteiger partial charge in [-0.2, -0.15) is 0 Å². The molecule has 21 heavy (non-hydrogen) atoms. The van der Waals surface area contributed by atoms with Gasteiger partial charge in [0.1, 0.15) is 5.69 Å². The Morgan fingerprint density at radius 3 is 2.90 bits per heavy atom. The zero-order valence-electron chi connectivity index (χ0n) is 11.3. The van der Waals surface area contributed by atoms with Crippen molar-refractivity contribution >= 4 is 32.8 Å². The van der Waals surface area contributed by atoms with Gasteiger partial charge in [0.2, 0.25) is 0 Å². The summed E-state index contributed by atoms with van der Waals surface area (Å²) in [4.78, 5) is 16.7. The SMILES string of the molecule is CCOC(=O)c1cc(-c2ccco2)nc2ccc(Br)cc12. The van der Waals surface area contributed by atoms with E-state index in [2.05, 4.69) is 20.9 Å². The minimum absolute atomic E-state index is 0.326. The first-order chi connectivity index (χ1) is 10.2. The molecule has 2 aromatic heterocycles. The molecule has 3 aromatic rings. The Morgan fingerprint density at radius 1 is 1.33 bits per heavy atom. The van der Waals surface area contributed by atoms with Crippen molar-refractivity contribution in [2.24, 2.45) is 0 Å². The molecule has 106 valence electrons. The highest BCUT2D eigenvalue weighted by atomic mass is 79.9. The number of nitrogens with zero attached hydrogens (tertiary/aromatic N) is 1. The van der Waals surface area contributed by atoms with Gasteiger partial charge in [0.25, 0.3) is 0 Å². The molecule has 0 aliphatic heterocycles. The van der Waals surface area contributed by atoms with Crippen LogP contribution in [0.3, 0.4) is 0 Å². The molecular weight excluding hydrogens is 334 g/mol. The van der Waals surface area contributed by atoms with Gasteiger partial charge < -0.3 is 9.15 Å². The second kappa shape index (κ2) is 5.69. The molecule has 3 rings (SSSR count). The van der Waals surface area contributed by atoms with Crippen LogP contribution >= 0.6 is 15.9 Å². The number of carbonyl (C=O) groups excluding carboxylic acids is 1. The highest BCUT2D eigenvalue weighted by Gasteiger charge is 2.16. The summed E-state index contributed by atoms with van der Waals surface area (Å²) in [5.74, 6) is 0.251. The summed E-state index contributed by atoms with van der Waals surface area (Å²) in [7, 11) is 0. The van der Waals surface area contributed by atoms with Crippen molar-refractivity contribution in [1.29, 1.82) is 0 Å². The van der Waals surface area contributed by atoms with Crippen LogP contribution in [0.1, 0.15) is 17.3 Å². The zero-order chi connectivity index (χ0) is 14.8. The van der Waals surface area contributed by atoms with Gasteiger partial charge in [0, 0.05) is 9.86 Å². The molecule has 5 heteroatoms. The summed E-state index contributed by atoms with van der Waals surface area (Å²) in [5.41, 5.74) is 1.81. The average molecular weight is 346 g/mol. The second-order valence-electron chi connectivity index (χ2n) is 4.41. The molecule has 1 aromatic carbocycles. The molecule has 0 unspecified atom stereocenters. The normalized spacial score (nSPS) is 10.8. The van der Waals surface area contributed by atoms with Gasteiger partial charge in [-0.05, 0) is 43.3 Å². The van der Waals surface area contributed by atoms with Gasteiger partial charge in [0.15, 0.2) is 5.76 Å². The van der Waals surface area contributed by atoms with Gasteiger partial charge in [-0.15, -0.1) is 0 Å². The highest BCUT2D eigenvalue weighted by Crippen LogP contribution is 2.27. The first kappa shape index (κ1) is 13.8. The van der Waals surface area contributed by atoms with Crippen LogP contribution in [0.25, 0.3) is 22.4 Å². The number of furan rings is 1. The number of hydrogen-bond donors (Lipinski definition) is 0. The minimum Gasteiger partial charge on any atom is -0.463 e. The molecule has 0 bridgehead atoms. The van der Waals surface area contributed by atoms with Gasteiger partial charge in [-0.25, -0.2) is 9.78 Å². The van der Waals surface area contributed by atoms with E-state index in [4.69, 9.17) is 9.15 Å². The molecule has 0 fully saturated rings. The van der Waals surface area contributed by atoms with Crippen LogP contribution in [0.15, 0.2) is 51.6 Å². The summed E-state index contributed by atoms with van der Waals surface area (Å²) >= 11 is 3.41. The van der Waals surface area contributed by atoms with E-state index in [1.54, 1.807) is 25.3 Å². The van der Waals surface area contributed by atoms with Crippen molar-refractivity contribution in [3.05, 3.63) is 52.7 Å². The van der Waals surface area contributed by atoms with E-state index in [-0.39, 0.29) is 5.97 Å². The number of esters is 1. The van der Waals surface area contributed by atoms with E-state index in [1.807, 2.05) is 24.3 Å². The average Bonchev–Trinajstić information content (AvgIpc) is 3.00. The molecule has 2 heterocycles. The lowest BCUT2D eigenvalue weighted by Gasteiger charge is -2.08. The lowest BCUT2D eigenvalue weighted by molar-refractivity contribution is 0.0528. The maximum absolute atomic E-state index is 12.2. The quantitative estimate of drug-likeness (QED) is 0.658. The summed E-state index contributed by atoms with van der Waals surface area (Å²) in [6, 6.07) is 10.9. The van der Waals surface area contributed by atoms with E-state index in [1.165, 1.54) is 0 Å². The Kier molecular flexibility index (Phi) is 3.75. The molecule has 0 amide bonds. The molecular formula is C16H12BrNO3. The van der Waals surface area contributed by atoms with Gasteiger partial charge in [0.05, 0.1) is 24.0 Å². The first-order valence-corrected chi connectivity index (χ1v) is 7.29. The largest absolute Gasteiger partial charge is 0.463 e. The number of ether oxygens (including phenoxy) is 1. The van der Waals surface area contributed by atoms with E-state index in [0.29, 0.717) is 23.6 Å². The van der Waals surface area contributed by atoms with Crippen LogP contribution in [0.2, 0.25) is 0 Å². The standard InChI is InChI=1S/C16H12BrNO3/c1-2-20-16(19)12-9-14(15-4-3-7-21-15)18-13-6-5-10(17)8-11(12)13/h3-9H,2H2,1H3. The van der Waals surface area contributed by atoms with Gasteiger partial charge >= 0.3 is 5.97 Å². The summed E-state index contributed by atoms with van der Waals surface area (Å²) in [6.07, 6.45) is 1.58. The molecule has 0 saturated heterocycles. The molecule has 0 spiro atoms. The van der Waals surface area contributed by atoms with Crippen LogP contribution in [0.4, 0.5) is 0 Å². The van der Waals surface area contributed by atoms with E-state index >= 15 is 0 Å². The lowest BCUT2D eigenvalue weighted by atomic mass is 10.1. The third-order valence-corrected chi connectivity index (χ3v) is 3.53. The number of pyridine rings is 1. The predicted molar refractivity (Wildman–Crippen MR) is 83.1 cm³/mol. The fourth-order valence-electron chi connectivity index (χ4n) is 2.13. The Hall–Kier alpha value is -2.14. The lowest BCUT2D eigenvalue weighted by Crippen LogP contribution is -2.06. The maximum Gasteiger partial charge on any atom is 0.338 e. The molecule has 0 N–H and O–H groups in total. The van der Waals surface area contributed by atoms with E-state index in [9.17, 15) is 4.79 Å². The van der Waals surface area contributed by atoms with Crippen molar-refractivity contribution < 1.29 is 13.9 Å². The summed E-state index contributed by atoms with van der Waals surface area (Å²) in [5, 5.41) is 0.748. The monoisotopic (exact) mass is 345 g/mol. The van der Waals surface area contributed by atoms with Gasteiger partial charge in [-0.1, -0.05) is 15.9 Å².